The second-order valence-corrected chi connectivity index (χ2v) is 6.00. The highest BCUT2D eigenvalue weighted by Gasteiger charge is 2.26. The van der Waals surface area contributed by atoms with E-state index >= 15 is 0 Å². The molecule has 1 unspecified atom stereocenters. The first kappa shape index (κ1) is 15.2. The summed E-state index contributed by atoms with van der Waals surface area (Å²) in [4.78, 5) is 23.7. The van der Waals surface area contributed by atoms with Crippen LogP contribution in [0, 0.1) is 0 Å². The molecule has 0 aromatic heterocycles. The Morgan fingerprint density at radius 1 is 1.33 bits per heavy atom. The van der Waals surface area contributed by atoms with Crippen LogP contribution in [0.1, 0.15) is 20.8 Å². The number of nitrogens with one attached hydrogen (secondary N) is 3. The molecular formula is C15H21N3O3. The molecule has 6 heteroatoms. The normalized spacial score (nSPS) is 17.0. The van der Waals surface area contributed by atoms with Crippen molar-refractivity contribution in [2.45, 2.75) is 32.4 Å². The third kappa shape index (κ3) is 4.37. The SMILES string of the molecule is CC(C)(C)NC(=O)CNC(=O)C1CNc2ccccc2O1. The summed E-state index contributed by atoms with van der Waals surface area (Å²) >= 11 is 0. The van der Waals surface area contributed by atoms with Crippen LogP contribution in [0.4, 0.5) is 5.69 Å². The van der Waals surface area contributed by atoms with Crippen molar-refractivity contribution in [2.75, 3.05) is 18.4 Å². The minimum Gasteiger partial charge on any atom is -0.477 e. The molecule has 0 spiro atoms. The first-order chi connectivity index (χ1) is 9.85. The van der Waals surface area contributed by atoms with E-state index in [-0.39, 0.29) is 23.9 Å². The number of hydrogen-bond acceptors (Lipinski definition) is 4. The number of carbonyl (C=O) groups is 2. The number of ether oxygens (including phenoxy) is 1. The van der Waals surface area contributed by atoms with E-state index < -0.39 is 6.10 Å². The monoisotopic (exact) mass is 291 g/mol. The maximum absolute atomic E-state index is 12.0. The van der Waals surface area contributed by atoms with Gasteiger partial charge in [-0.05, 0) is 32.9 Å². The summed E-state index contributed by atoms with van der Waals surface area (Å²) in [5.41, 5.74) is 0.552. The van der Waals surface area contributed by atoms with Gasteiger partial charge >= 0.3 is 0 Å². The summed E-state index contributed by atoms with van der Waals surface area (Å²) in [5.74, 6) is 0.115. The largest absolute Gasteiger partial charge is 0.477 e. The van der Waals surface area contributed by atoms with Crippen LogP contribution in [0.15, 0.2) is 24.3 Å². The predicted octanol–water partition coefficient (Wildman–Crippen LogP) is 0.890. The van der Waals surface area contributed by atoms with Crippen LogP contribution in [-0.2, 0) is 9.59 Å². The summed E-state index contributed by atoms with van der Waals surface area (Å²) in [6.45, 7) is 5.98. The lowest BCUT2D eigenvalue weighted by Crippen LogP contribution is -2.50. The Bertz CT molecular complexity index is 537. The fourth-order valence-electron chi connectivity index (χ4n) is 2.00. The van der Waals surface area contributed by atoms with Crippen molar-refractivity contribution in [3.8, 4) is 5.75 Å². The van der Waals surface area contributed by atoms with E-state index in [0.29, 0.717) is 12.3 Å². The van der Waals surface area contributed by atoms with Crippen LogP contribution in [0.5, 0.6) is 5.75 Å². The van der Waals surface area contributed by atoms with Crippen molar-refractivity contribution < 1.29 is 14.3 Å². The average Bonchev–Trinajstić information content (AvgIpc) is 2.42. The molecule has 114 valence electrons. The molecular weight excluding hydrogens is 270 g/mol. The highest BCUT2D eigenvalue weighted by Crippen LogP contribution is 2.28. The van der Waals surface area contributed by atoms with E-state index in [1.165, 1.54) is 0 Å². The molecule has 1 aliphatic rings. The number of benzene rings is 1. The van der Waals surface area contributed by atoms with E-state index in [2.05, 4.69) is 16.0 Å². The standard InChI is InChI=1S/C15H21N3O3/c1-15(2,3)18-13(19)9-17-14(20)12-8-16-10-6-4-5-7-11(10)21-12/h4-7,12,16H,8-9H2,1-3H3,(H,17,20)(H,18,19). The molecule has 0 bridgehead atoms. The Morgan fingerprint density at radius 2 is 2.05 bits per heavy atom. The highest BCUT2D eigenvalue weighted by molar-refractivity contribution is 5.88. The lowest BCUT2D eigenvalue weighted by Gasteiger charge is -2.26. The zero-order valence-electron chi connectivity index (χ0n) is 12.5. The maximum Gasteiger partial charge on any atom is 0.263 e. The van der Waals surface area contributed by atoms with Gasteiger partial charge in [0.2, 0.25) is 5.91 Å². The van der Waals surface area contributed by atoms with Gasteiger partial charge in [-0.3, -0.25) is 9.59 Å². The second-order valence-electron chi connectivity index (χ2n) is 6.00. The first-order valence-corrected chi connectivity index (χ1v) is 6.93. The average molecular weight is 291 g/mol. The Morgan fingerprint density at radius 3 is 2.76 bits per heavy atom. The summed E-state index contributed by atoms with van der Waals surface area (Å²) in [5, 5.41) is 8.51. The van der Waals surface area contributed by atoms with Crippen molar-refractivity contribution in [3.63, 3.8) is 0 Å². The van der Waals surface area contributed by atoms with E-state index in [4.69, 9.17) is 4.74 Å². The molecule has 2 amide bonds. The van der Waals surface area contributed by atoms with Crippen molar-refractivity contribution in [2.24, 2.45) is 0 Å². The second kappa shape index (κ2) is 6.03. The third-order valence-corrected chi connectivity index (χ3v) is 2.86. The number of hydrogen-bond donors (Lipinski definition) is 3. The van der Waals surface area contributed by atoms with Gasteiger partial charge in [-0.2, -0.15) is 0 Å². The number of amides is 2. The van der Waals surface area contributed by atoms with Crippen molar-refractivity contribution in [1.82, 2.24) is 10.6 Å². The zero-order valence-corrected chi connectivity index (χ0v) is 12.5. The first-order valence-electron chi connectivity index (χ1n) is 6.93. The lowest BCUT2D eigenvalue weighted by molar-refractivity contribution is -0.130. The molecule has 0 saturated carbocycles. The summed E-state index contributed by atoms with van der Waals surface area (Å²) in [6, 6.07) is 7.43. The Balaban J connectivity index is 1.84. The molecule has 2 rings (SSSR count). The van der Waals surface area contributed by atoms with Gasteiger partial charge in [0.05, 0.1) is 18.8 Å². The van der Waals surface area contributed by atoms with Gasteiger partial charge in [0, 0.05) is 5.54 Å². The van der Waals surface area contributed by atoms with Crippen LogP contribution in [0.2, 0.25) is 0 Å². The molecule has 0 fully saturated rings. The van der Waals surface area contributed by atoms with E-state index in [9.17, 15) is 9.59 Å². The van der Waals surface area contributed by atoms with Crippen molar-refractivity contribution >= 4 is 17.5 Å². The van der Waals surface area contributed by atoms with E-state index in [0.717, 1.165) is 5.69 Å². The van der Waals surface area contributed by atoms with E-state index in [1.807, 2.05) is 39.0 Å². The van der Waals surface area contributed by atoms with Crippen LogP contribution in [-0.4, -0.2) is 36.5 Å². The molecule has 21 heavy (non-hydrogen) atoms. The van der Waals surface area contributed by atoms with Gasteiger partial charge in [-0.15, -0.1) is 0 Å². The number of anilines is 1. The fourth-order valence-corrected chi connectivity index (χ4v) is 2.00. The van der Waals surface area contributed by atoms with E-state index in [1.54, 1.807) is 6.07 Å². The number of rotatable bonds is 3. The van der Waals surface area contributed by atoms with Gasteiger partial charge < -0.3 is 20.7 Å². The predicted molar refractivity (Wildman–Crippen MR) is 80.3 cm³/mol. The number of fused-ring (bicyclic) bond motifs is 1. The molecule has 1 heterocycles. The Hall–Kier alpha value is -2.24. The molecule has 0 saturated heterocycles. The minimum atomic E-state index is -0.637. The van der Waals surface area contributed by atoms with Crippen LogP contribution in [0.25, 0.3) is 0 Å². The fraction of sp³-hybridized carbons (Fsp3) is 0.467. The quantitative estimate of drug-likeness (QED) is 0.773. The van der Waals surface area contributed by atoms with Crippen LogP contribution in [0.3, 0.4) is 0 Å². The Kier molecular flexibility index (Phi) is 4.35. The van der Waals surface area contributed by atoms with Gasteiger partial charge in [0.1, 0.15) is 5.75 Å². The topological polar surface area (TPSA) is 79.5 Å². The molecule has 0 aliphatic carbocycles. The zero-order chi connectivity index (χ0) is 15.5. The number of para-hydroxylation sites is 2. The lowest BCUT2D eigenvalue weighted by atomic mass is 10.1. The molecule has 1 atom stereocenters. The number of carbonyl (C=O) groups excluding carboxylic acids is 2. The van der Waals surface area contributed by atoms with Crippen LogP contribution < -0.4 is 20.7 Å². The summed E-state index contributed by atoms with van der Waals surface area (Å²) < 4.78 is 5.62. The van der Waals surface area contributed by atoms with Gasteiger partial charge in [0.15, 0.2) is 6.10 Å². The van der Waals surface area contributed by atoms with Gasteiger partial charge in [-0.25, -0.2) is 0 Å². The smallest absolute Gasteiger partial charge is 0.263 e. The summed E-state index contributed by atoms with van der Waals surface area (Å²) in [6.07, 6.45) is -0.637. The summed E-state index contributed by atoms with van der Waals surface area (Å²) in [7, 11) is 0. The van der Waals surface area contributed by atoms with Crippen LogP contribution >= 0.6 is 0 Å². The molecule has 1 aromatic rings. The maximum atomic E-state index is 12.0. The minimum absolute atomic E-state index is 0.0579. The highest BCUT2D eigenvalue weighted by atomic mass is 16.5. The third-order valence-electron chi connectivity index (χ3n) is 2.86. The van der Waals surface area contributed by atoms with Gasteiger partial charge in [0.25, 0.3) is 5.91 Å². The molecule has 1 aromatic carbocycles. The molecule has 1 aliphatic heterocycles. The van der Waals surface area contributed by atoms with Gasteiger partial charge in [-0.1, -0.05) is 12.1 Å². The van der Waals surface area contributed by atoms with Crippen molar-refractivity contribution in [3.05, 3.63) is 24.3 Å². The van der Waals surface area contributed by atoms with Crippen molar-refractivity contribution in [1.29, 1.82) is 0 Å². The Labute approximate surface area is 124 Å². The molecule has 0 radical (unpaired) electrons. The molecule has 3 N–H and O–H groups in total. The molecule has 6 nitrogen and oxygen atoms in total.